The molecule has 1 heterocycles. The lowest BCUT2D eigenvalue weighted by molar-refractivity contribution is 0.0487. The Balaban J connectivity index is 2.00. The molecule has 1 aliphatic rings. The van der Waals surface area contributed by atoms with Crippen molar-refractivity contribution in [1.29, 1.82) is 0 Å². The smallest absolute Gasteiger partial charge is 0.407 e. The molecule has 1 amide bonds. The number of halogens is 1. The zero-order chi connectivity index (χ0) is 18.7. The molecule has 0 bridgehead atoms. The largest absolute Gasteiger partial charge is 0.444 e. The number of hydrogen-bond acceptors (Lipinski definition) is 4. The van der Waals surface area contributed by atoms with E-state index in [4.69, 9.17) is 16.3 Å². The number of amides is 1. The van der Waals surface area contributed by atoms with E-state index in [0.717, 1.165) is 6.42 Å². The number of rotatable bonds is 4. The summed E-state index contributed by atoms with van der Waals surface area (Å²) >= 11 is 6.07. The summed E-state index contributed by atoms with van der Waals surface area (Å²) in [4.78, 5) is 11.9. The molecule has 6 nitrogen and oxygen atoms in total. The summed E-state index contributed by atoms with van der Waals surface area (Å²) in [6, 6.07) is 6.65. The molecule has 1 aliphatic heterocycles. The van der Waals surface area contributed by atoms with Gasteiger partial charge in [0, 0.05) is 24.2 Å². The predicted molar refractivity (Wildman–Crippen MR) is 98.0 cm³/mol. The molecular formula is C17H25ClN2O4S. The van der Waals surface area contributed by atoms with Crippen molar-refractivity contribution in [2.24, 2.45) is 0 Å². The predicted octanol–water partition coefficient (Wildman–Crippen LogP) is 3.16. The van der Waals surface area contributed by atoms with Crippen LogP contribution in [0, 0.1) is 0 Å². The van der Waals surface area contributed by atoms with Gasteiger partial charge in [-0.25, -0.2) is 13.2 Å². The maximum absolute atomic E-state index is 12.7. The minimum absolute atomic E-state index is 0.147. The molecule has 1 atom stereocenters. The van der Waals surface area contributed by atoms with Crippen molar-refractivity contribution in [2.75, 3.05) is 13.1 Å². The quantitative estimate of drug-likeness (QED) is 0.859. The Labute approximate surface area is 154 Å². The monoisotopic (exact) mass is 388 g/mol. The van der Waals surface area contributed by atoms with E-state index in [2.05, 4.69) is 5.32 Å². The van der Waals surface area contributed by atoms with Crippen molar-refractivity contribution in [3.63, 3.8) is 0 Å². The molecule has 0 radical (unpaired) electrons. The number of alkyl carbamates (subject to hydrolysis) is 1. The molecule has 0 aromatic heterocycles. The standard InChI is InChI=1S/C17H25ClN2O4S/c1-17(2,3)24-16(21)19-14-8-6-10-20(11-14)25(22,23)12-13-7-4-5-9-15(13)18/h4-5,7,9,14H,6,8,10-12H2,1-3H3,(H,19,21)/t14-/m0/s1. The number of ether oxygens (including phenoxy) is 1. The van der Waals surface area contributed by atoms with E-state index in [9.17, 15) is 13.2 Å². The lowest BCUT2D eigenvalue weighted by Gasteiger charge is -2.33. The Hall–Kier alpha value is -1.31. The number of carbonyl (C=O) groups excluding carboxylic acids is 1. The van der Waals surface area contributed by atoms with Crippen molar-refractivity contribution >= 4 is 27.7 Å². The van der Waals surface area contributed by atoms with Gasteiger partial charge >= 0.3 is 6.09 Å². The molecule has 25 heavy (non-hydrogen) atoms. The van der Waals surface area contributed by atoms with Crippen LogP contribution in [0.1, 0.15) is 39.2 Å². The van der Waals surface area contributed by atoms with Crippen LogP contribution in [0.15, 0.2) is 24.3 Å². The summed E-state index contributed by atoms with van der Waals surface area (Å²) in [7, 11) is -3.51. The average molecular weight is 389 g/mol. The lowest BCUT2D eigenvalue weighted by atomic mass is 10.1. The van der Waals surface area contributed by atoms with Crippen LogP contribution in [0.4, 0.5) is 4.79 Å². The molecule has 1 aromatic carbocycles. The second-order valence-electron chi connectivity index (χ2n) is 7.19. The van der Waals surface area contributed by atoms with Crippen molar-refractivity contribution in [2.45, 2.75) is 51.0 Å². The zero-order valence-electron chi connectivity index (χ0n) is 14.8. The highest BCUT2D eigenvalue weighted by atomic mass is 35.5. The fourth-order valence-corrected chi connectivity index (χ4v) is 4.61. The SMILES string of the molecule is CC(C)(C)OC(=O)N[C@H]1CCCN(S(=O)(=O)Cc2ccccc2Cl)C1. The summed E-state index contributed by atoms with van der Waals surface area (Å²) in [5.41, 5.74) is -0.0134. The van der Waals surface area contributed by atoms with Crippen LogP contribution < -0.4 is 5.32 Å². The first kappa shape index (κ1) is 20.0. The van der Waals surface area contributed by atoms with Gasteiger partial charge in [-0.1, -0.05) is 29.8 Å². The van der Waals surface area contributed by atoms with Gasteiger partial charge in [0.05, 0.1) is 5.75 Å². The third-order valence-corrected chi connectivity index (χ3v) is 5.96. The van der Waals surface area contributed by atoms with E-state index in [1.165, 1.54) is 4.31 Å². The van der Waals surface area contributed by atoms with Gasteiger partial charge in [-0.05, 0) is 45.2 Å². The minimum atomic E-state index is -3.51. The summed E-state index contributed by atoms with van der Waals surface area (Å²) in [5, 5.41) is 3.20. The molecular weight excluding hydrogens is 364 g/mol. The second-order valence-corrected chi connectivity index (χ2v) is 9.57. The van der Waals surface area contributed by atoms with E-state index < -0.39 is 21.7 Å². The molecule has 2 rings (SSSR count). The maximum atomic E-state index is 12.7. The lowest BCUT2D eigenvalue weighted by Crippen LogP contribution is -2.50. The van der Waals surface area contributed by atoms with Crippen LogP contribution in [0.2, 0.25) is 5.02 Å². The van der Waals surface area contributed by atoms with Crippen molar-refractivity contribution in [3.05, 3.63) is 34.9 Å². The van der Waals surface area contributed by atoms with Crippen molar-refractivity contribution in [1.82, 2.24) is 9.62 Å². The second kappa shape index (κ2) is 7.93. The number of piperidine rings is 1. The maximum Gasteiger partial charge on any atom is 0.407 e. The normalized spacial score (nSPS) is 19.4. The number of nitrogens with zero attached hydrogens (tertiary/aromatic N) is 1. The van der Waals surface area contributed by atoms with Crippen LogP contribution in [-0.2, 0) is 20.5 Å². The molecule has 1 N–H and O–H groups in total. The molecule has 0 spiro atoms. The van der Waals surface area contributed by atoms with Gasteiger partial charge in [-0.3, -0.25) is 0 Å². The van der Waals surface area contributed by atoms with Crippen LogP contribution in [0.3, 0.4) is 0 Å². The van der Waals surface area contributed by atoms with Gasteiger partial charge in [0.2, 0.25) is 10.0 Å². The fraction of sp³-hybridized carbons (Fsp3) is 0.588. The van der Waals surface area contributed by atoms with E-state index in [0.29, 0.717) is 23.6 Å². The van der Waals surface area contributed by atoms with Gasteiger partial charge in [0.1, 0.15) is 5.60 Å². The van der Waals surface area contributed by atoms with Crippen LogP contribution in [0.5, 0.6) is 0 Å². The Morgan fingerprint density at radius 3 is 2.68 bits per heavy atom. The third-order valence-electron chi connectivity index (χ3n) is 3.79. The molecule has 0 aliphatic carbocycles. The summed E-state index contributed by atoms with van der Waals surface area (Å²) < 4.78 is 32.0. The minimum Gasteiger partial charge on any atom is -0.444 e. The summed E-state index contributed by atoms with van der Waals surface area (Å²) in [6.07, 6.45) is 0.877. The van der Waals surface area contributed by atoms with Crippen LogP contribution in [-0.4, -0.2) is 43.5 Å². The highest BCUT2D eigenvalue weighted by molar-refractivity contribution is 7.88. The first-order chi connectivity index (χ1) is 11.6. The van der Waals surface area contributed by atoms with E-state index in [1.54, 1.807) is 45.0 Å². The molecule has 140 valence electrons. The highest BCUT2D eigenvalue weighted by Crippen LogP contribution is 2.22. The third kappa shape index (κ3) is 6.17. The molecule has 1 aromatic rings. The number of sulfonamides is 1. The number of hydrogen-bond donors (Lipinski definition) is 1. The zero-order valence-corrected chi connectivity index (χ0v) is 16.4. The van der Waals surface area contributed by atoms with Gasteiger partial charge in [0.15, 0.2) is 0 Å². The number of nitrogens with one attached hydrogen (secondary N) is 1. The first-order valence-electron chi connectivity index (χ1n) is 8.27. The molecule has 1 fully saturated rings. The Morgan fingerprint density at radius 1 is 1.36 bits per heavy atom. The summed E-state index contributed by atoms with van der Waals surface area (Å²) in [5.74, 6) is -0.147. The highest BCUT2D eigenvalue weighted by Gasteiger charge is 2.31. The Bertz CT molecular complexity index is 716. The molecule has 0 unspecified atom stereocenters. The average Bonchev–Trinajstić information content (AvgIpc) is 2.48. The number of carbonyl (C=O) groups is 1. The fourth-order valence-electron chi connectivity index (χ4n) is 2.69. The Kier molecular flexibility index (Phi) is 6.35. The van der Waals surface area contributed by atoms with Gasteiger partial charge in [0.25, 0.3) is 0 Å². The first-order valence-corrected chi connectivity index (χ1v) is 10.3. The van der Waals surface area contributed by atoms with Crippen LogP contribution in [0.25, 0.3) is 0 Å². The van der Waals surface area contributed by atoms with Gasteiger partial charge < -0.3 is 10.1 Å². The topological polar surface area (TPSA) is 75.7 Å². The van der Waals surface area contributed by atoms with Gasteiger partial charge in [-0.15, -0.1) is 0 Å². The van der Waals surface area contributed by atoms with E-state index in [1.807, 2.05) is 0 Å². The summed E-state index contributed by atoms with van der Waals surface area (Å²) in [6.45, 7) is 6.04. The van der Waals surface area contributed by atoms with Crippen LogP contribution >= 0.6 is 11.6 Å². The molecule has 1 saturated heterocycles. The van der Waals surface area contributed by atoms with E-state index >= 15 is 0 Å². The van der Waals surface area contributed by atoms with Crippen molar-refractivity contribution < 1.29 is 17.9 Å². The van der Waals surface area contributed by atoms with Crippen molar-refractivity contribution in [3.8, 4) is 0 Å². The van der Waals surface area contributed by atoms with Gasteiger partial charge in [-0.2, -0.15) is 4.31 Å². The van der Waals surface area contributed by atoms with E-state index in [-0.39, 0.29) is 18.3 Å². The molecule has 8 heteroatoms. The Morgan fingerprint density at radius 2 is 2.04 bits per heavy atom. The number of benzene rings is 1. The molecule has 0 saturated carbocycles.